The predicted molar refractivity (Wildman–Crippen MR) is 212 cm³/mol. The van der Waals surface area contributed by atoms with Crippen LogP contribution in [0.5, 0.6) is 5.75 Å². The number of benzene rings is 4. The molecule has 2 amide bonds. The molecule has 1 unspecified atom stereocenters. The second kappa shape index (κ2) is 12.6. The van der Waals surface area contributed by atoms with Gasteiger partial charge in [-0.15, -0.1) is 0 Å². The molecule has 15 heteroatoms. The maximum atomic E-state index is 15.1. The lowest BCUT2D eigenvalue weighted by molar-refractivity contribution is -0.266. The Bertz CT molecular complexity index is 2920. The van der Waals surface area contributed by atoms with Gasteiger partial charge in [0.2, 0.25) is 17.7 Å². The van der Waals surface area contributed by atoms with Crippen LogP contribution in [0.1, 0.15) is 53.8 Å². The van der Waals surface area contributed by atoms with E-state index in [1.165, 1.54) is 18.2 Å². The third kappa shape index (κ3) is 4.77. The van der Waals surface area contributed by atoms with Crippen molar-refractivity contribution in [3.05, 3.63) is 131 Å². The molecule has 11 rings (SSSR count). The van der Waals surface area contributed by atoms with Crippen LogP contribution >= 0.6 is 0 Å². The molecule has 0 radical (unpaired) electrons. The molecule has 3 aromatic heterocycles. The van der Waals surface area contributed by atoms with Crippen molar-refractivity contribution in [1.82, 2.24) is 25.6 Å². The van der Waals surface area contributed by atoms with Crippen molar-refractivity contribution in [2.75, 3.05) is 12.4 Å². The number of hydrogen-bond donors (Lipinski definition) is 4. The standard InChI is InChI=1S/C45H35F3N6O6/c1-21(2)34-40-53-36-37(60-40)43-27-13-7-12-25(24-11-8-14-29-33(24)26(19-49-29)32-20-50-39(36)58-32)35(27)54-42(43)59-31-16-15-22(17-28(31)43)18-30(38(55)52-34)51-41(56)44(57-3,45(46,47)48)23-9-5-4-6-10-23/h4-17,19-21,30,34,42,49,54H,18H2,1-3H3,(H,51,56)(H,52,55)/t30-,34-,42?,43-,44-/m0/s1. The van der Waals surface area contributed by atoms with Crippen molar-refractivity contribution >= 4 is 28.4 Å². The average molecular weight is 813 g/mol. The van der Waals surface area contributed by atoms with Gasteiger partial charge in [0.25, 0.3) is 11.5 Å². The first-order chi connectivity index (χ1) is 28.9. The summed E-state index contributed by atoms with van der Waals surface area (Å²) < 4.78 is 70.7. The first kappa shape index (κ1) is 36.2. The van der Waals surface area contributed by atoms with Crippen molar-refractivity contribution < 1.29 is 41.1 Å². The Morgan fingerprint density at radius 3 is 2.53 bits per heavy atom. The van der Waals surface area contributed by atoms with Crippen LogP contribution in [0.15, 0.2) is 106 Å². The number of nitrogens with zero attached hydrogens (tertiary/aromatic N) is 2. The van der Waals surface area contributed by atoms with E-state index >= 15 is 13.2 Å². The number of aromatic amines is 1. The third-order valence-corrected chi connectivity index (χ3v) is 12.3. The van der Waals surface area contributed by atoms with Crippen molar-refractivity contribution in [3.8, 4) is 39.8 Å². The van der Waals surface area contributed by atoms with Crippen LogP contribution in [-0.4, -0.2) is 52.3 Å². The number of fused-ring (bicyclic) bond motifs is 7. The summed E-state index contributed by atoms with van der Waals surface area (Å²) in [4.78, 5) is 41.9. The number of alkyl halides is 3. The molecule has 10 bridgehead atoms. The molecular weight excluding hydrogens is 778 g/mol. The number of methoxy groups -OCH3 is 1. The number of carbonyl (C=O) groups is 2. The number of anilines is 1. The maximum Gasteiger partial charge on any atom is 0.430 e. The minimum absolute atomic E-state index is 0.101. The zero-order valence-electron chi connectivity index (χ0n) is 32.2. The number of rotatable bonds is 5. The lowest BCUT2D eigenvalue weighted by Gasteiger charge is -2.35. The predicted octanol–water partition coefficient (Wildman–Crippen LogP) is 7.90. The van der Waals surface area contributed by atoms with Crippen LogP contribution in [0.25, 0.3) is 44.9 Å². The highest BCUT2D eigenvalue weighted by atomic mass is 19.4. The first-order valence-electron chi connectivity index (χ1n) is 19.5. The molecule has 5 atom stereocenters. The molecule has 7 heterocycles. The van der Waals surface area contributed by atoms with E-state index in [4.69, 9.17) is 28.3 Å². The highest BCUT2D eigenvalue weighted by molar-refractivity contribution is 6.07. The van der Waals surface area contributed by atoms with Gasteiger partial charge in [-0.2, -0.15) is 13.2 Å². The van der Waals surface area contributed by atoms with Gasteiger partial charge < -0.3 is 39.2 Å². The molecule has 4 aromatic carbocycles. The number of aromatic nitrogens is 3. The molecule has 4 N–H and O–H groups in total. The van der Waals surface area contributed by atoms with Gasteiger partial charge in [-0.05, 0) is 29.2 Å². The van der Waals surface area contributed by atoms with Gasteiger partial charge in [0.1, 0.15) is 23.2 Å². The van der Waals surface area contributed by atoms with Crippen LogP contribution in [0.4, 0.5) is 18.9 Å². The summed E-state index contributed by atoms with van der Waals surface area (Å²) in [7, 11) is 0.818. The van der Waals surface area contributed by atoms with E-state index in [9.17, 15) is 9.59 Å². The maximum absolute atomic E-state index is 15.1. The van der Waals surface area contributed by atoms with E-state index in [-0.39, 0.29) is 29.8 Å². The van der Waals surface area contributed by atoms with Gasteiger partial charge in [-0.1, -0.05) is 86.6 Å². The molecule has 0 fully saturated rings. The zero-order valence-corrected chi connectivity index (χ0v) is 32.2. The average Bonchev–Trinajstić information content (AvgIpc) is 4.06. The fraction of sp³-hybridized carbons (Fsp3) is 0.244. The van der Waals surface area contributed by atoms with Gasteiger partial charge in [0.05, 0.1) is 6.20 Å². The Morgan fingerprint density at radius 1 is 0.950 bits per heavy atom. The van der Waals surface area contributed by atoms with E-state index in [0.717, 1.165) is 58.1 Å². The van der Waals surface area contributed by atoms with Gasteiger partial charge in [0, 0.05) is 64.1 Å². The quantitative estimate of drug-likeness (QED) is 0.136. The molecule has 0 saturated heterocycles. The highest BCUT2D eigenvalue weighted by Crippen LogP contribution is 2.61. The van der Waals surface area contributed by atoms with Crippen LogP contribution in [-0.2, 0) is 31.8 Å². The van der Waals surface area contributed by atoms with Gasteiger partial charge in [0.15, 0.2) is 23.4 Å². The molecule has 0 aliphatic carbocycles. The molecule has 0 saturated carbocycles. The summed E-state index contributed by atoms with van der Waals surface area (Å²) in [6.07, 6.45) is -2.64. The zero-order chi connectivity index (χ0) is 41.3. The second-order valence-electron chi connectivity index (χ2n) is 15.9. The molecule has 302 valence electrons. The summed E-state index contributed by atoms with van der Waals surface area (Å²) in [5.74, 6) is -1.04. The van der Waals surface area contributed by atoms with E-state index in [1.54, 1.807) is 18.3 Å². The minimum Gasteiger partial charge on any atom is -0.469 e. The number of para-hydroxylation sites is 1. The molecule has 7 aromatic rings. The SMILES string of the molecule is CO[C@](C(=O)N[C@H]1Cc2ccc3c(c2)[C@]24c5cccc(c5NC2O3)-c2cccc3[nH]cc(c23)-c2cnc(o2)-c2nc(oc24)[C@H](C(C)C)NC1=O)(c1ccccc1)C(F)(F)F. The summed E-state index contributed by atoms with van der Waals surface area (Å²) in [5, 5.41) is 10.0. The molecule has 4 aliphatic rings. The number of carbonyl (C=O) groups excluding carboxylic acids is 2. The fourth-order valence-electron chi connectivity index (χ4n) is 9.54. The molecule has 4 aliphatic heterocycles. The fourth-order valence-corrected chi connectivity index (χ4v) is 9.54. The summed E-state index contributed by atoms with van der Waals surface area (Å²) in [6, 6.07) is 21.6. The number of amides is 2. The largest absolute Gasteiger partial charge is 0.469 e. The molecule has 60 heavy (non-hydrogen) atoms. The molecule has 12 nitrogen and oxygen atoms in total. The third-order valence-electron chi connectivity index (χ3n) is 12.3. The number of H-pyrrole nitrogens is 1. The number of nitrogens with one attached hydrogen (secondary N) is 4. The smallest absolute Gasteiger partial charge is 0.430 e. The Balaban J connectivity index is 1.15. The van der Waals surface area contributed by atoms with Crippen molar-refractivity contribution in [1.29, 1.82) is 0 Å². The van der Waals surface area contributed by atoms with E-state index in [0.29, 0.717) is 28.4 Å². The van der Waals surface area contributed by atoms with Gasteiger partial charge >= 0.3 is 6.18 Å². The van der Waals surface area contributed by atoms with Gasteiger partial charge in [-0.25, -0.2) is 9.97 Å². The van der Waals surface area contributed by atoms with Crippen LogP contribution < -0.4 is 20.7 Å². The summed E-state index contributed by atoms with van der Waals surface area (Å²) >= 11 is 0. The van der Waals surface area contributed by atoms with Crippen molar-refractivity contribution in [2.24, 2.45) is 5.92 Å². The lowest BCUT2D eigenvalue weighted by atomic mass is 9.72. The number of halogens is 3. The van der Waals surface area contributed by atoms with E-state index in [2.05, 4.69) is 27.0 Å². The van der Waals surface area contributed by atoms with Gasteiger partial charge in [-0.3, -0.25) is 9.59 Å². The van der Waals surface area contributed by atoms with E-state index < -0.39 is 52.9 Å². The summed E-state index contributed by atoms with van der Waals surface area (Å²) in [5.41, 5.74) is 1.53. The first-order valence-corrected chi connectivity index (χ1v) is 19.5. The number of hydrogen-bond acceptors (Lipinski definition) is 9. The Hall–Kier alpha value is -6.87. The molecular formula is C45H35F3N6O6. The summed E-state index contributed by atoms with van der Waals surface area (Å²) in [6.45, 7) is 3.70. The minimum atomic E-state index is -5.20. The van der Waals surface area contributed by atoms with Crippen molar-refractivity contribution in [3.63, 3.8) is 0 Å². The monoisotopic (exact) mass is 812 g/mol. The lowest BCUT2D eigenvalue weighted by Crippen LogP contribution is -2.60. The van der Waals surface area contributed by atoms with Crippen molar-refractivity contribution in [2.45, 2.75) is 55.8 Å². The Kier molecular flexibility index (Phi) is 7.59. The normalized spacial score (nSPS) is 21.9. The van der Waals surface area contributed by atoms with Crippen LogP contribution in [0, 0.1) is 5.92 Å². The molecule has 1 spiro atoms. The van der Waals surface area contributed by atoms with Crippen LogP contribution in [0.2, 0.25) is 0 Å². The Labute approximate surface area is 339 Å². The highest BCUT2D eigenvalue weighted by Gasteiger charge is 2.64. The number of oxazole rings is 2. The number of ether oxygens (including phenoxy) is 2. The van der Waals surface area contributed by atoms with E-state index in [1.807, 2.05) is 56.4 Å². The Morgan fingerprint density at radius 2 is 1.75 bits per heavy atom. The topological polar surface area (TPSA) is 157 Å². The second-order valence-corrected chi connectivity index (χ2v) is 15.9. The van der Waals surface area contributed by atoms with Crippen LogP contribution in [0.3, 0.4) is 0 Å².